The van der Waals surface area contributed by atoms with E-state index in [-0.39, 0.29) is 0 Å². The molecular weight excluding hydrogens is 340 g/mol. The van der Waals surface area contributed by atoms with E-state index in [2.05, 4.69) is 47.1 Å². The molecule has 144 valence electrons. The predicted molar refractivity (Wildman–Crippen MR) is 108 cm³/mol. The molecule has 1 aromatic heterocycles. The Morgan fingerprint density at radius 3 is 2.19 bits per heavy atom. The van der Waals surface area contributed by atoms with Crippen molar-refractivity contribution in [3.05, 3.63) is 52.3 Å². The number of nitrogens with zero attached hydrogens (tertiary/aromatic N) is 3. The Morgan fingerprint density at radius 2 is 1.63 bits per heavy atom. The molecule has 1 N–H and O–H groups in total. The molecule has 0 aliphatic heterocycles. The molecule has 0 aliphatic rings. The summed E-state index contributed by atoms with van der Waals surface area (Å²) in [5.41, 5.74) is 8.81. The number of nitrogens with one attached hydrogen (secondary N) is 1. The molecule has 0 spiro atoms. The zero-order valence-electron chi connectivity index (χ0n) is 17.0. The van der Waals surface area contributed by atoms with Crippen molar-refractivity contribution in [1.82, 2.24) is 14.9 Å². The van der Waals surface area contributed by atoms with Crippen molar-refractivity contribution in [3.8, 4) is 5.69 Å². The SMILES string of the molecule is CCN(CC)C(=O)C(=O)N/N=C\c1cc(C)n(-c2cc(C)cc(C)c2)c1C. The first-order chi connectivity index (χ1) is 12.8. The lowest BCUT2D eigenvalue weighted by molar-refractivity contribution is -0.145. The lowest BCUT2D eigenvalue weighted by atomic mass is 10.1. The van der Waals surface area contributed by atoms with Crippen LogP contribution in [0.2, 0.25) is 0 Å². The molecule has 2 rings (SSSR count). The maximum absolute atomic E-state index is 12.0. The zero-order valence-corrected chi connectivity index (χ0v) is 17.0. The van der Waals surface area contributed by atoms with Gasteiger partial charge in [-0.05, 0) is 70.9 Å². The maximum Gasteiger partial charge on any atom is 0.329 e. The Balaban J connectivity index is 2.20. The molecule has 2 aromatic rings. The minimum absolute atomic E-state index is 0.490. The van der Waals surface area contributed by atoms with Crippen molar-refractivity contribution < 1.29 is 9.59 Å². The summed E-state index contributed by atoms with van der Waals surface area (Å²) in [6.45, 7) is 12.8. The van der Waals surface area contributed by atoms with Crippen LogP contribution in [0.5, 0.6) is 0 Å². The van der Waals surface area contributed by atoms with Gasteiger partial charge in [0, 0.05) is 35.7 Å². The molecule has 2 amide bonds. The molecule has 1 heterocycles. The van der Waals surface area contributed by atoms with Crippen molar-refractivity contribution in [2.24, 2.45) is 5.10 Å². The second kappa shape index (κ2) is 8.66. The molecule has 27 heavy (non-hydrogen) atoms. The fraction of sp³-hybridized carbons (Fsp3) is 0.381. The molecule has 0 aliphatic carbocycles. The van der Waals surface area contributed by atoms with E-state index < -0.39 is 11.8 Å². The summed E-state index contributed by atoms with van der Waals surface area (Å²) in [7, 11) is 0. The summed E-state index contributed by atoms with van der Waals surface area (Å²) < 4.78 is 2.16. The van der Waals surface area contributed by atoms with Crippen molar-refractivity contribution in [1.29, 1.82) is 0 Å². The van der Waals surface area contributed by atoms with Crippen molar-refractivity contribution in [2.45, 2.75) is 41.5 Å². The van der Waals surface area contributed by atoms with Crippen LogP contribution in [0.4, 0.5) is 0 Å². The molecule has 0 radical (unpaired) electrons. The molecule has 0 unspecified atom stereocenters. The van der Waals surface area contributed by atoms with Gasteiger partial charge in [-0.3, -0.25) is 9.59 Å². The maximum atomic E-state index is 12.0. The summed E-state index contributed by atoms with van der Waals surface area (Å²) in [4.78, 5) is 25.3. The van der Waals surface area contributed by atoms with E-state index in [0.717, 1.165) is 22.6 Å². The molecule has 0 fully saturated rings. The molecule has 0 bridgehead atoms. The minimum Gasteiger partial charge on any atom is -0.335 e. The van der Waals surface area contributed by atoms with Crippen LogP contribution in [0, 0.1) is 27.7 Å². The second-order valence-corrected chi connectivity index (χ2v) is 6.68. The van der Waals surface area contributed by atoms with E-state index in [1.165, 1.54) is 16.0 Å². The van der Waals surface area contributed by atoms with Crippen molar-refractivity contribution in [3.63, 3.8) is 0 Å². The largest absolute Gasteiger partial charge is 0.335 e. The lowest BCUT2D eigenvalue weighted by Gasteiger charge is -2.16. The van der Waals surface area contributed by atoms with Crippen molar-refractivity contribution in [2.75, 3.05) is 13.1 Å². The van der Waals surface area contributed by atoms with Gasteiger partial charge in [0.15, 0.2) is 0 Å². The van der Waals surface area contributed by atoms with Crippen LogP contribution >= 0.6 is 0 Å². The molecule has 1 aromatic carbocycles. The minimum atomic E-state index is -0.724. The van der Waals surface area contributed by atoms with Gasteiger partial charge < -0.3 is 9.47 Å². The smallest absolute Gasteiger partial charge is 0.329 e. The average molecular weight is 368 g/mol. The van der Waals surface area contributed by atoms with Crippen LogP contribution in [0.3, 0.4) is 0 Å². The standard InChI is InChI=1S/C21H28N4O2/c1-7-24(8-2)21(27)20(26)23-22-13-18-12-16(5)25(17(18)6)19-10-14(3)9-15(4)11-19/h9-13H,7-8H2,1-6H3,(H,23,26)/b22-13-. The van der Waals surface area contributed by atoms with Gasteiger partial charge in [-0.25, -0.2) is 5.43 Å². The molecular formula is C21H28N4O2. The molecule has 6 nitrogen and oxygen atoms in total. The van der Waals surface area contributed by atoms with Gasteiger partial charge in [0.1, 0.15) is 0 Å². The van der Waals surface area contributed by atoms with E-state index in [0.29, 0.717) is 13.1 Å². The van der Waals surface area contributed by atoms with E-state index in [1.54, 1.807) is 6.21 Å². The Labute approximate surface area is 160 Å². The third-order valence-corrected chi connectivity index (χ3v) is 4.55. The van der Waals surface area contributed by atoms with Crippen LogP contribution < -0.4 is 5.43 Å². The Kier molecular flexibility index (Phi) is 6.55. The Bertz CT molecular complexity index is 856. The van der Waals surface area contributed by atoms with Gasteiger partial charge in [-0.1, -0.05) is 6.07 Å². The zero-order chi connectivity index (χ0) is 20.1. The van der Waals surface area contributed by atoms with E-state index >= 15 is 0 Å². The highest BCUT2D eigenvalue weighted by atomic mass is 16.2. The predicted octanol–water partition coefficient (Wildman–Crippen LogP) is 3.03. The molecule has 6 heteroatoms. The first kappa shape index (κ1) is 20.4. The molecule has 0 saturated heterocycles. The monoisotopic (exact) mass is 368 g/mol. The van der Waals surface area contributed by atoms with E-state index in [4.69, 9.17) is 0 Å². The number of benzene rings is 1. The number of hydrogen-bond acceptors (Lipinski definition) is 3. The number of hydrogen-bond donors (Lipinski definition) is 1. The van der Waals surface area contributed by atoms with Crippen LogP contribution in [0.25, 0.3) is 5.69 Å². The van der Waals surface area contributed by atoms with E-state index in [1.807, 2.05) is 33.8 Å². The summed E-state index contributed by atoms with van der Waals surface area (Å²) in [5.74, 6) is -1.30. The van der Waals surface area contributed by atoms with E-state index in [9.17, 15) is 9.59 Å². The first-order valence-corrected chi connectivity index (χ1v) is 9.18. The van der Waals surface area contributed by atoms with Gasteiger partial charge in [0.25, 0.3) is 0 Å². The molecule has 0 saturated carbocycles. The number of amides is 2. The van der Waals surface area contributed by atoms with Gasteiger partial charge in [0.2, 0.25) is 0 Å². The summed E-state index contributed by atoms with van der Waals surface area (Å²) in [5, 5.41) is 3.97. The number of aryl methyl sites for hydroxylation is 3. The molecule has 0 atom stereocenters. The van der Waals surface area contributed by atoms with Crippen LogP contribution in [-0.4, -0.2) is 40.6 Å². The van der Waals surface area contributed by atoms with Crippen LogP contribution in [0.1, 0.15) is 41.9 Å². The Hall–Kier alpha value is -2.89. The number of carbonyl (C=O) groups excluding carboxylic acids is 2. The van der Waals surface area contributed by atoms with Crippen LogP contribution in [-0.2, 0) is 9.59 Å². The number of carbonyl (C=O) groups is 2. The fourth-order valence-corrected chi connectivity index (χ4v) is 3.26. The van der Waals surface area contributed by atoms with Gasteiger partial charge in [-0.15, -0.1) is 0 Å². The average Bonchev–Trinajstić information content (AvgIpc) is 2.88. The second-order valence-electron chi connectivity index (χ2n) is 6.68. The highest BCUT2D eigenvalue weighted by Gasteiger charge is 2.18. The van der Waals surface area contributed by atoms with Crippen molar-refractivity contribution >= 4 is 18.0 Å². The topological polar surface area (TPSA) is 66.7 Å². The van der Waals surface area contributed by atoms with Gasteiger partial charge >= 0.3 is 11.8 Å². The quantitative estimate of drug-likeness (QED) is 0.501. The van der Waals surface area contributed by atoms with Gasteiger partial charge in [0.05, 0.1) is 6.21 Å². The third kappa shape index (κ3) is 4.64. The normalized spacial score (nSPS) is 11.0. The van der Waals surface area contributed by atoms with Gasteiger partial charge in [-0.2, -0.15) is 5.10 Å². The number of likely N-dealkylation sites (N-methyl/N-ethyl adjacent to an activating group) is 1. The van der Waals surface area contributed by atoms with Crippen LogP contribution in [0.15, 0.2) is 29.4 Å². The fourth-order valence-electron chi connectivity index (χ4n) is 3.26. The Morgan fingerprint density at radius 1 is 1.04 bits per heavy atom. The lowest BCUT2D eigenvalue weighted by Crippen LogP contribution is -2.41. The first-order valence-electron chi connectivity index (χ1n) is 9.18. The highest BCUT2D eigenvalue weighted by molar-refractivity contribution is 6.34. The summed E-state index contributed by atoms with van der Waals surface area (Å²) in [6, 6.07) is 8.42. The third-order valence-electron chi connectivity index (χ3n) is 4.55. The highest BCUT2D eigenvalue weighted by Crippen LogP contribution is 2.21. The summed E-state index contributed by atoms with van der Waals surface area (Å²) >= 11 is 0. The number of hydrazone groups is 1. The summed E-state index contributed by atoms with van der Waals surface area (Å²) in [6.07, 6.45) is 1.58. The number of rotatable bonds is 5. The number of aromatic nitrogens is 1.